The van der Waals surface area contributed by atoms with Crippen molar-refractivity contribution in [2.24, 2.45) is 5.73 Å². The van der Waals surface area contributed by atoms with Crippen LogP contribution in [0.1, 0.15) is 38.2 Å². The lowest BCUT2D eigenvalue weighted by Crippen LogP contribution is -2.53. The number of aromatic nitrogens is 3. The molecule has 2 N–H and O–H groups in total. The Bertz CT molecular complexity index is 1040. The quantitative estimate of drug-likeness (QED) is 0.696. The Labute approximate surface area is 190 Å². The normalized spacial score (nSPS) is 19.6. The van der Waals surface area contributed by atoms with E-state index in [0.29, 0.717) is 23.5 Å². The molecule has 2 aromatic rings. The van der Waals surface area contributed by atoms with Gasteiger partial charge in [0.15, 0.2) is 0 Å². The summed E-state index contributed by atoms with van der Waals surface area (Å²) in [5.74, 6) is 0.518. The summed E-state index contributed by atoms with van der Waals surface area (Å²) in [7, 11) is 1.56. The Kier molecular flexibility index (Phi) is 7.21. The molecule has 8 nitrogen and oxygen atoms in total. The molecule has 0 aromatic carbocycles. The van der Waals surface area contributed by atoms with E-state index >= 15 is 0 Å². The summed E-state index contributed by atoms with van der Waals surface area (Å²) in [5, 5.41) is 13.9. The summed E-state index contributed by atoms with van der Waals surface area (Å²) >= 11 is 0. The molecule has 8 heteroatoms. The molecule has 2 fully saturated rings. The van der Waals surface area contributed by atoms with E-state index < -0.39 is 0 Å². The predicted octanol–water partition coefficient (Wildman–Crippen LogP) is 3.19. The van der Waals surface area contributed by atoms with Crippen molar-refractivity contribution >= 4 is 5.57 Å². The molecule has 0 unspecified atom stereocenters. The van der Waals surface area contributed by atoms with Crippen LogP contribution in [0.15, 0.2) is 36.9 Å². The first-order valence-corrected chi connectivity index (χ1v) is 10.6. The maximum atomic E-state index is 9.25. The number of hydrogen-bond acceptors (Lipinski definition) is 7. The first kappa shape index (κ1) is 23.4. The standard InChI is InChI=1S/C23H29N7O.CH4/c1-4-6-28-7-5-19(13-28)29-14-20(15-29)30-16(2)21(12-27-30)17-8-22(31-3)23(26-11-17)18(9-24)10-25;/h4,6,8-9,11-12,19-20H,5,7,13-15,24H2,1-3H3;1H4/b6-4?,18-9-;/t19-;/m1./s1. The van der Waals surface area contributed by atoms with E-state index in [1.807, 2.05) is 12.3 Å². The van der Waals surface area contributed by atoms with Crippen molar-refractivity contribution in [1.82, 2.24) is 24.6 Å². The summed E-state index contributed by atoms with van der Waals surface area (Å²) in [6, 6.07) is 4.96. The van der Waals surface area contributed by atoms with Crippen LogP contribution in [-0.2, 0) is 0 Å². The number of hydrogen-bond donors (Lipinski definition) is 1. The summed E-state index contributed by atoms with van der Waals surface area (Å²) in [5.41, 5.74) is 9.31. The number of allylic oxidation sites excluding steroid dienone is 2. The van der Waals surface area contributed by atoms with Gasteiger partial charge in [0, 0.05) is 61.4 Å². The molecule has 1 atom stereocenters. The summed E-state index contributed by atoms with van der Waals surface area (Å²) in [4.78, 5) is 9.40. The first-order valence-electron chi connectivity index (χ1n) is 10.6. The fourth-order valence-corrected chi connectivity index (χ4v) is 4.55. The van der Waals surface area contributed by atoms with Crippen molar-refractivity contribution in [1.29, 1.82) is 5.26 Å². The highest BCUT2D eigenvalue weighted by Gasteiger charge is 2.37. The summed E-state index contributed by atoms with van der Waals surface area (Å²) in [6.45, 7) is 8.47. The molecule has 0 saturated carbocycles. The van der Waals surface area contributed by atoms with Gasteiger partial charge in [-0.3, -0.25) is 14.6 Å². The lowest BCUT2D eigenvalue weighted by molar-refractivity contribution is 0.0565. The lowest BCUT2D eigenvalue weighted by Gasteiger charge is -2.43. The number of nitriles is 1. The Morgan fingerprint density at radius 3 is 2.72 bits per heavy atom. The van der Waals surface area contributed by atoms with Crippen LogP contribution in [-0.4, -0.2) is 63.9 Å². The predicted molar refractivity (Wildman–Crippen MR) is 127 cm³/mol. The van der Waals surface area contributed by atoms with Crippen LogP contribution in [0.3, 0.4) is 0 Å². The van der Waals surface area contributed by atoms with Gasteiger partial charge in [0.2, 0.25) is 0 Å². The molecule has 2 aliphatic rings. The number of methoxy groups -OCH3 is 1. The van der Waals surface area contributed by atoms with Crippen LogP contribution in [0.4, 0.5) is 0 Å². The van der Waals surface area contributed by atoms with Gasteiger partial charge in [-0.05, 0) is 32.5 Å². The number of rotatable bonds is 6. The highest BCUT2D eigenvalue weighted by atomic mass is 16.5. The van der Waals surface area contributed by atoms with Crippen molar-refractivity contribution in [3.05, 3.63) is 48.3 Å². The van der Waals surface area contributed by atoms with Crippen LogP contribution in [0.5, 0.6) is 5.75 Å². The van der Waals surface area contributed by atoms with Gasteiger partial charge >= 0.3 is 0 Å². The minimum atomic E-state index is 0. The topological polar surface area (TPSA) is 96.2 Å². The Morgan fingerprint density at radius 1 is 1.28 bits per heavy atom. The molecule has 0 bridgehead atoms. The Morgan fingerprint density at radius 2 is 2.06 bits per heavy atom. The average molecular weight is 436 g/mol. The van der Waals surface area contributed by atoms with E-state index in [1.165, 1.54) is 12.6 Å². The van der Waals surface area contributed by atoms with Crippen LogP contribution in [0.2, 0.25) is 0 Å². The van der Waals surface area contributed by atoms with Crippen molar-refractivity contribution in [2.45, 2.75) is 39.8 Å². The molecule has 0 amide bonds. The molecule has 2 aliphatic heterocycles. The maximum Gasteiger partial charge on any atom is 0.146 e. The third-order valence-corrected chi connectivity index (χ3v) is 6.28. The molecule has 0 spiro atoms. The number of nitrogens with zero attached hydrogens (tertiary/aromatic N) is 6. The molecular formula is C24H33N7O. The van der Waals surface area contributed by atoms with Gasteiger partial charge in [0.25, 0.3) is 0 Å². The second kappa shape index (κ2) is 9.88. The molecule has 4 rings (SSSR count). The zero-order valence-electron chi connectivity index (χ0n) is 18.3. The molecule has 2 aromatic heterocycles. The number of pyridine rings is 1. The molecule has 32 heavy (non-hydrogen) atoms. The maximum absolute atomic E-state index is 9.25. The minimum Gasteiger partial charge on any atom is -0.494 e. The highest BCUT2D eigenvalue weighted by molar-refractivity contribution is 5.79. The van der Waals surface area contributed by atoms with Crippen LogP contribution >= 0.6 is 0 Å². The third kappa shape index (κ3) is 4.21. The fourth-order valence-electron chi connectivity index (χ4n) is 4.55. The number of ether oxygens (including phenoxy) is 1. The van der Waals surface area contributed by atoms with Gasteiger partial charge in [-0.25, -0.2) is 0 Å². The van der Waals surface area contributed by atoms with E-state index in [2.05, 4.69) is 56.8 Å². The summed E-state index contributed by atoms with van der Waals surface area (Å²) < 4.78 is 7.59. The highest BCUT2D eigenvalue weighted by Crippen LogP contribution is 2.33. The van der Waals surface area contributed by atoms with Crippen molar-refractivity contribution in [3.8, 4) is 22.9 Å². The molecule has 0 aliphatic carbocycles. The zero-order chi connectivity index (χ0) is 22.0. The second-order valence-electron chi connectivity index (χ2n) is 8.08. The Balaban J connectivity index is 0.00000289. The van der Waals surface area contributed by atoms with E-state index in [4.69, 9.17) is 10.5 Å². The smallest absolute Gasteiger partial charge is 0.146 e. The molecule has 2 saturated heterocycles. The molecular weight excluding hydrogens is 402 g/mol. The second-order valence-corrected chi connectivity index (χ2v) is 8.08. The van der Waals surface area contributed by atoms with Gasteiger partial charge in [-0.15, -0.1) is 0 Å². The van der Waals surface area contributed by atoms with Crippen LogP contribution < -0.4 is 10.5 Å². The van der Waals surface area contributed by atoms with Gasteiger partial charge in [0.05, 0.1) is 24.9 Å². The van der Waals surface area contributed by atoms with Gasteiger partial charge < -0.3 is 15.4 Å². The third-order valence-electron chi connectivity index (χ3n) is 6.28. The van der Waals surface area contributed by atoms with Crippen molar-refractivity contribution in [2.75, 3.05) is 33.3 Å². The van der Waals surface area contributed by atoms with Gasteiger partial charge in [-0.2, -0.15) is 10.4 Å². The molecule has 0 radical (unpaired) electrons. The van der Waals surface area contributed by atoms with E-state index in [0.717, 1.165) is 43.0 Å². The van der Waals surface area contributed by atoms with E-state index in [9.17, 15) is 5.26 Å². The zero-order valence-corrected chi connectivity index (χ0v) is 18.3. The monoisotopic (exact) mass is 435 g/mol. The van der Waals surface area contributed by atoms with Crippen LogP contribution in [0.25, 0.3) is 16.7 Å². The number of nitrogens with two attached hydrogens (primary N) is 1. The number of likely N-dealkylation sites (tertiary alicyclic amines) is 2. The average Bonchev–Trinajstić information content (AvgIpc) is 3.36. The van der Waals surface area contributed by atoms with Crippen molar-refractivity contribution in [3.63, 3.8) is 0 Å². The fraction of sp³-hybridized carbons (Fsp3) is 0.458. The van der Waals surface area contributed by atoms with Crippen molar-refractivity contribution < 1.29 is 4.74 Å². The largest absolute Gasteiger partial charge is 0.494 e. The first-order chi connectivity index (χ1) is 15.1. The molecule has 4 heterocycles. The minimum absolute atomic E-state index is 0. The van der Waals surface area contributed by atoms with Crippen LogP contribution in [0, 0.1) is 18.3 Å². The lowest BCUT2D eigenvalue weighted by atomic mass is 10.0. The SMILES string of the molecule is C.CC=CN1CC[C@@H](N2CC(n3ncc(-c4cnc(/C(C#N)=C\N)c(OC)c4)c3C)C2)C1. The van der Waals surface area contributed by atoms with Gasteiger partial charge in [0.1, 0.15) is 17.5 Å². The van der Waals surface area contributed by atoms with Gasteiger partial charge in [-0.1, -0.05) is 13.5 Å². The summed E-state index contributed by atoms with van der Waals surface area (Å²) in [6.07, 6.45) is 10.4. The Hall–Kier alpha value is -3.31. The molecule has 170 valence electrons. The van der Waals surface area contributed by atoms with E-state index in [-0.39, 0.29) is 13.0 Å². The van der Waals surface area contributed by atoms with E-state index in [1.54, 1.807) is 13.3 Å².